The van der Waals surface area contributed by atoms with E-state index in [4.69, 9.17) is 0 Å². The Labute approximate surface area is 115 Å². The van der Waals surface area contributed by atoms with E-state index >= 15 is 0 Å². The van der Waals surface area contributed by atoms with Gasteiger partial charge in [-0.15, -0.1) is 0 Å². The Balaban J connectivity index is 2.36. The van der Waals surface area contributed by atoms with E-state index in [2.05, 4.69) is 0 Å². The van der Waals surface area contributed by atoms with Gasteiger partial charge in [0.1, 0.15) is 5.75 Å². The normalized spacial score (nSPS) is 10.6. The second-order valence-corrected chi connectivity index (χ2v) is 4.56. The van der Waals surface area contributed by atoms with Crippen LogP contribution in [-0.4, -0.2) is 16.2 Å². The highest BCUT2D eigenvalue weighted by atomic mass is 16.4. The molecule has 0 saturated carbocycles. The van der Waals surface area contributed by atoms with Gasteiger partial charge in [0.15, 0.2) is 0 Å². The summed E-state index contributed by atoms with van der Waals surface area (Å²) in [7, 11) is 0. The fourth-order valence-electron chi connectivity index (χ4n) is 2.40. The van der Waals surface area contributed by atoms with Gasteiger partial charge in [-0.2, -0.15) is 0 Å². The minimum absolute atomic E-state index is 0.0536. The number of hydrogen-bond donors (Lipinski definition) is 2. The lowest BCUT2D eigenvalue weighted by atomic mass is 9.94. The summed E-state index contributed by atoms with van der Waals surface area (Å²) in [6.07, 6.45) is 0. The van der Waals surface area contributed by atoms with Crippen molar-refractivity contribution in [3.63, 3.8) is 0 Å². The van der Waals surface area contributed by atoms with E-state index in [-0.39, 0.29) is 11.3 Å². The van der Waals surface area contributed by atoms with Gasteiger partial charge in [-0.25, -0.2) is 4.79 Å². The lowest BCUT2D eigenvalue weighted by Gasteiger charge is -2.10. The zero-order chi connectivity index (χ0) is 14.1. The Bertz CT molecular complexity index is 801. The third kappa shape index (κ3) is 1.99. The highest BCUT2D eigenvalue weighted by molar-refractivity contribution is 6.03. The molecule has 0 radical (unpaired) electrons. The fraction of sp³-hybridized carbons (Fsp3) is 0. The van der Waals surface area contributed by atoms with Crippen molar-refractivity contribution in [3.05, 3.63) is 66.2 Å². The van der Waals surface area contributed by atoms with Gasteiger partial charge in [0.05, 0.1) is 5.56 Å². The topological polar surface area (TPSA) is 57.5 Å². The van der Waals surface area contributed by atoms with Gasteiger partial charge in [0, 0.05) is 5.56 Å². The Morgan fingerprint density at radius 1 is 0.850 bits per heavy atom. The zero-order valence-corrected chi connectivity index (χ0v) is 10.6. The van der Waals surface area contributed by atoms with Crippen molar-refractivity contribution in [3.8, 4) is 16.9 Å². The van der Waals surface area contributed by atoms with Crippen molar-refractivity contribution in [1.82, 2.24) is 0 Å². The molecular formula is C17H12O3. The van der Waals surface area contributed by atoms with Gasteiger partial charge >= 0.3 is 5.97 Å². The van der Waals surface area contributed by atoms with Crippen molar-refractivity contribution < 1.29 is 15.0 Å². The van der Waals surface area contributed by atoms with E-state index in [1.165, 1.54) is 18.2 Å². The molecule has 0 unspecified atom stereocenters. The molecule has 0 saturated heterocycles. The van der Waals surface area contributed by atoms with Crippen LogP contribution in [0, 0.1) is 0 Å². The largest absolute Gasteiger partial charge is 0.508 e. The molecule has 3 aromatic rings. The molecule has 3 heteroatoms. The molecule has 0 aromatic heterocycles. The number of aromatic carboxylic acids is 1. The van der Waals surface area contributed by atoms with Crippen LogP contribution in [-0.2, 0) is 0 Å². The minimum atomic E-state index is -1.01. The molecule has 0 bridgehead atoms. The maximum atomic E-state index is 11.4. The van der Waals surface area contributed by atoms with Crippen LogP contribution >= 0.6 is 0 Å². The summed E-state index contributed by atoms with van der Waals surface area (Å²) >= 11 is 0. The van der Waals surface area contributed by atoms with E-state index in [1.807, 2.05) is 42.5 Å². The molecule has 0 amide bonds. The van der Waals surface area contributed by atoms with Crippen LogP contribution in [0.5, 0.6) is 5.75 Å². The summed E-state index contributed by atoms with van der Waals surface area (Å²) in [4.78, 5) is 11.4. The van der Waals surface area contributed by atoms with Crippen molar-refractivity contribution >= 4 is 16.7 Å². The molecule has 0 aliphatic heterocycles. The average molecular weight is 264 g/mol. The number of phenols is 1. The molecule has 3 rings (SSSR count). The van der Waals surface area contributed by atoms with Crippen molar-refractivity contribution in [2.75, 3.05) is 0 Å². The molecule has 0 atom stereocenters. The first-order valence-electron chi connectivity index (χ1n) is 6.21. The van der Waals surface area contributed by atoms with Gasteiger partial charge in [-0.05, 0) is 34.5 Å². The molecule has 98 valence electrons. The predicted octanol–water partition coefficient (Wildman–Crippen LogP) is 3.91. The predicted molar refractivity (Wildman–Crippen MR) is 78.0 cm³/mol. The molecule has 0 heterocycles. The maximum absolute atomic E-state index is 11.4. The van der Waals surface area contributed by atoms with Gasteiger partial charge in [0.25, 0.3) is 0 Å². The number of carboxylic acids is 1. The van der Waals surface area contributed by atoms with E-state index in [1.54, 1.807) is 0 Å². The number of benzene rings is 3. The Morgan fingerprint density at radius 3 is 2.40 bits per heavy atom. The zero-order valence-electron chi connectivity index (χ0n) is 10.6. The molecular weight excluding hydrogens is 252 g/mol. The molecule has 2 N–H and O–H groups in total. The van der Waals surface area contributed by atoms with E-state index in [0.29, 0.717) is 5.56 Å². The standard InChI is InChI=1S/C17H12O3/c18-12-8-9-15(17(19)20)16(10-12)14-7-3-5-11-4-1-2-6-13(11)14/h1-10,18H,(H,19,20). The van der Waals surface area contributed by atoms with Crippen LogP contribution in [0.15, 0.2) is 60.7 Å². The lowest BCUT2D eigenvalue weighted by Crippen LogP contribution is -1.99. The number of carbonyl (C=O) groups is 1. The van der Waals surface area contributed by atoms with Crippen molar-refractivity contribution in [2.45, 2.75) is 0 Å². The second-order valence-electron chi connectivity index (χ2n) is 4.56. The number of fused-ring (bicyclic) bond motifs is 1. The van der Waals surface area contributed by atoms with E-state index < -0.39 is 5.97 Å². The molecule has 0 aliphatic rings. The van der Waals surface area contributed by atoms with Crippen LogP contribution in [0.3, 0.4) is 0 Å². The Hall–Kier alpha value is -2.81. The molecule has 0 fully saturated rings. The van der Waals surface area contributed by atoms with Crippen LogP contribution in [0.1, 0.15) is 10.4 Å². The summed E-state index contributed by atoms with van der Waals surface area (Å²) < 4.78 is 0. The first kappa shape index (κ1) is 12.2. The first-order valence-corrected chi connectivity index (χ1v) is 6.21. The maximum Gasteiger partial charge on any atom is 0.336 e. The highest BCUT2D eigenvalue weighted by Gasteiger charge is 2.14. The molecule has 20 heavy (non-hydrogen) atoms. The third-order valence-corrected chi connectivity index (χ3v) is 3.31. The van der Waals surface area contributed by atoms with Gasteiger partial charge in [0.2, 0.25) is 0 Å². The molecule has 3 nitrogen and oxygen atoms in total. The third-order valence-electron chi connectivity index (χ3n) is 3.31. The first-order chi connectivity index (χ1) is 9.66. The van der Waals surface area contributed by atoms with Gasteiger partial charge in [-0.1, -0.05) is 42.5 Å². The van der Waals surface area contributed by atoms with Crippen LogP contribution < -0.4 is 0 Å². The Kier molecular flexibility index (Phi) is 2.88. The monoisotopic (exact) mass is 264 g/mol. The van der Waals surface area contributed by atoms with Crippen LogP contribution in [0.2, 0.25) is 0 Å². The van der Waals surface area contributed by atoms with E-state index in [0.717, 1.165) is 16.3 Å². The van der Waals surface area contributed by atoms with Gasteiger partial charge < -0.3 is 10.2 Å². The fourth-order valence-corrected chi connectivity index (χ4v) is 2.40. The number of carboxylic acid groups (broad SMARTS) is 1. The second kappa shape index (κ2) is 4.70. The molecule has 3 aromatic carbocycles. The summed E-state index contributed by atoms with van der Waals surface area (Å²) in [6, 6.07) is 17.8. The summed E-state index contributed by atoms with van der Waals surface area (Å²) in [6.45, 7) is 0. The minimum Gasteiger partial charge on any atom is -0.508 e. The highest BCUT2D eigenvalue weighted by Crippen LogP contribution is 2.33. The van der Waals surface area contributed by atoms with Crippen LogP contribution in [0.25, 0.3) is 21.9 Å². The number of aromatic hydroxyl groups is 1. The SMILES string of the molecule is O=C(O)c1ccc(O)cc1-c1cccc2ccccc12. The summed E-state index contributed by atoms with van der Waals surface area (Å²) in [5.74, 6) is -0.953. The quantitative estimate of drug-likeness (QED) is 0.737. The number of rotatable bonds is 2. The lowest BCUT2D eigenvalue weighted by molar-refractivity contribution is 0.0698. The van der Waals surface area contributed by atoms with Crippen LogP contribution in [0.4, 0.5) is 0 Å². The number of hydrogen-bond acceptors (Lipinski definition) is 2. The van der Waals surface area contributed by atoms with Crippen molar-refractivity contribution in [1.29, 1.82) is 0 Å². The van der Waals surface area contributed by atoms with Crippen molar-refractivity contribution in [2.24, 2.45) is 0 Å². The van der Waals surface area contributed by atoms with Gasteiger partial charge in [-0.3, -0.25) is 0 Å². The summed E-state index contributed by atoms with van der Waals surface area (Å²) in [5, 5.41) is 21.0. The Morgan fingerprint density at radius 2 is 1.60 bits per heavy atom. The average Bonchev–Trinajstić information content (AvgIpc) is 2.46. The van der Waals surface area contributed by atoms with E-state index in [9.17, 15) is 15.0 Å². The smallest absolute Gasteiger partial charge is 0.336 e. The molecule has 0 aliphatic carbocycles. The summed E-state index contributed by atoms with van der Waals surface area (Å²) in [5.41, 5.74) is 1.50. The number of phenolic OH excluding ortho intramolecular Hbond substituents is 1. The molecule has 0 spiro atoms.